The highest BCUT2D eigenvalue weighted by Crippen LogP contribution is 2.04. The van der Waals surface area contributed by atoms with E-state index in [2.05, 4.69) is 5.32 Å². The summed E-state index contributed by atoms with van der Waals surface area (Å²) >= 11 is 0. The van der Waals surface area contributed by atoms with Crippen LogP contribution in [0.25, 0.3) is 0 Å². The standard InChI is InChI=1S/C7H16N2O/c1-4-5(2)6(8)7(10)9-3/h5-6H,4,8H2,1-3H3,(H,9,10). The van der Waals surface area contributed by atoms with Crippen molar-refractivity contribution in [3.63, 3.8) is 0 Å². The molecule has 0 aromatic carbocycles. The molecule has 0 aromatic heterocycles. The van der Waals surface area contributed by atoms with Crippen molar-refractivity contribution in [2.45, 2.75) is 26.3 Å². The second kappa shape index (κ2) is 4.28. The molecule has 0 saturated heterocycles. The molecule has 0 rings (SSSR count). The summed E-state index contributed by atoms with van der Waals surface area (Å²) in [6, 6.07) is -0.352. The van der Waals surface area contributed by atoms with E-state index in [1.807, 2.05) is 13.8 Å². The molecule has 1 amide bonds. The van der Waals surface area contributed by atoms with Crippen molar-refractivity contribution < 1.29 is 4.79 Å². The number of nitrogens with one attached hydrogen (secondary N) is 1. The lowest BCUT2D eigenvalue weighted by molar-refractivity contribution is -0.122. The van der Waals surface area contributed by atoms with E-state index in [-0.39, 0.29) is 17.9 Å². The van der Waals surface area contributed by atoms with E-state index in [1.54, 1.807) is 7.05 Å². The summed E-state index contributed by atoms with van der Waals surface area (Å²) in [5.74, 6) is 0.189. The number of carbonyl (C=O) groups is 1. The van der Waals surface area contributed by atoms with Crippen LogP contribution in [-0.4, -0.2) is 19.0 Å². The lowest BCUT2D eigenvalue weighted by atomic mass is 10.00. The number of amides is 1. The van der Waals surface area contributed by atoms with Gasteiger partial charge < -0.3 is 11.1 Å². The third-order valence-corrected chi connectivity index (χ3v) is 1.81. The van der Waals surface area contributed by atoms with E-state index < -0.39 is 0 Å². The Labute approximate surface area is 62.0 Å². The lowest BCUT2D eigenvalue weighted by Crippen LogP contribution is -2.43. The number of hydrogen-bond acceptors (Lipinski definition) is 2. The van der Waals surface area contributed by atoms with Crippen LogP contribution in [0.4, 0.5) is 0 Å². The number of likely N-dealkylation sites (N-methyl/N-ethyl adjacent to an activating group) is 1. The fraction of sp³-hybridized carbons (Fsp3) is 0.857. The molecule has 0 saturated carbocycles. The largest absolute Gasteiger partial charge is 0.358 e. The Morgan fingerprint density at radius 3 is 2.50 bits per heavy atom. The van der Waals surface area contributed by atoms with Crippen LogP contribution < -0.4 is 11.1 Å². The molecule has 3 nitrogen and oxygen atoms in total. The molecule has 2 atom stereocenters. The maximum absolute atomic E-state index is 10.9. The van der Waals surface area contributed by atoms with Gasteiger partial charge in [-0.2, -0.15) is 0 Å². The van der Waals surface area contributed by atoms with E-state index in [0.29, 0.717) is 0 Å². The molecule has 10 heavy (non-hydrogen) atoms. The van der Waals surface area contributed by atoms with Crippen molar-refractivity contribution in [3.8, 4) is 0 Å². The summed E-state index contributed by atoms with van der Waals surface area (Å²) in [7, 11) is 1.60. The molecule has 0 aliphatic carbocycles. The van der Waals surface area contributed by atoms with Crippen LogP contribution in [0.1, 0.15) is 20.3 Å². The number of rotatable bonds is 3. The van der Waals surface area contributed by atoms with Crippen molar-refractivity contribution in [1.29, 1.82) is 0 Å². The predicted molar refractivity (Wildman–Crippen MR) is 41.5 cm³/mol. The molecule has 0 fully saturated rings. The third-order valence-electron chi connectivity index (χ3n) is 1.81. The van der Waals surface area contributed by atoms with E-state index in [0.717, 1.165) is 6.42 Å². The van der Waals surface area contributed by atoms with Crippen molar-refractivity contribution in [2.24, 2.45) is 11.7 Å². The first-order valence-corrected chi connectivity index (χ1v) is 3.60. The molecular formula is C7H16N2O. The normalized spacial score (nSPS) is 16.0. The van der Waals surface area contributed by atoms with Gasteiger partial charge in [0.15, 0.2) is 0 Å². The molecule has 0 aromatic rings. The molecule has 0 bridgehead atoms. The zero-order valence-electron chi connectivity index (χ0n) is 6.85. The van der Waals surface area contributed by atoms with Gasteiger partial charge >= 0.3 is 0 Å². The topological polar surface area (TPSA) is 55.1 Å². The number of hydrogen-bond donors (Lipinski definition) is 2. The Morgan fingerprint density at radius 1 is 1.70 bits per heavy atom. The number of nitrogens with two attached hydrogens (primary N) is 1. The Bertz CT molecular complexity index is 114. The maximum Gasteiger partial charge on any atom is 0.236 e. The monoisotopic (exact) mass is 144 g/mol. The van der Waals surface area contributed by atoms with Gasteiger partial charge in [-0.15, -0.1) is 0 Å². The van der Waals surface area contributed by atoms with E-state index >= 15 is 0 Å². The predicted octanol–water partition coefficient (Wildman–Crippen LogP) is 0.106. The minimum absolute atomic E-state index is 0.0747. The summed E-state index contributed by atoms with van der Waals surface area (Å²) in [5, 5.41) is 2.52. The first-order valence-electron chi connectivity index (χ1n) is 3.60. The van der Waals surface area contributed by atoms with Crippen LogP contribution >= 0.6 is 0 Å². The smallest absolute Gasteiger partial charge is 0.236 e. The zero-order chi connectivity index (χ0) is 8.15. The van der Waals surface area contributed by atoms with E-state index in [1.165, 1.54) is 0 Å². The van der Waals surface area contributed by atoms with Gasteiger partial charge in [0.05, 0.1) is 6.04 Å². The summed E-state index contributed by atoms with van der Waals surface area (Å²) in [4.78, 5) is 10.9. The van der Waals surface area contributed by atoms with Crippen molar-refractivity contribution >= 4 is 5.91 Å². The van der Waals surface area contributed by atoms with Gasteiger partial charge in [-0.3, -0.25) is 4.79 Å². The molecule has 3 heteroatoms. The first kappa shape index (κ1) is 9.43. The molecule has 0 aliphatic heterocycles. The van der Waals surface area contributed by atoms with Crippen molar-refractivity contribution in [2.75, 3.05) is 7.05 Å². The highest BCUT2D eigenvalue weighted by atomic mass is 16.2. The average Bonchev–Trinajstić information content (AvgIpc) is 2.00. The fourth-order valence-corrected chi connectivity index (χ4v) is 0.679. The van der Waals surface area contributed by atoms with Crippen molar-refractivity contribution in [1.82, 2.24) is 5.32 Å². The van der Waals surface area contributed by atoms with Gasteiger partial charge in [-0.05, 0) is 5.92 Å². The van der Waals surface area contributed by atoms with Crippen LogP contribution in [-0.2, 0) is 4.79 Å². The molecular weight excluding hydrogens is 128 g/mol. The highest BCUT2D eigenvalue weighted by molar-refractivity contribution is 5.81. The molecule has 0 radical (unpaired) electrons. The molecule has 60 valence electrons. The average molecular weight is 144 g/mol. The fourth-order valence-electron chi connectivity index (χ4n) is 0.679. The van der Waals surface area contributed by atoms with E-state index in [4.69, 9.17) is 5.73 Å². The minimum Gasteiger partial charge on any atom is -0.358 e. The van der Waals surface area contributed by atoms with Crippen LogP contribution in [0.5, 0.6) is 0 Å². The second-order valence-corrected chi connectivity index (χ2v) is 2.53. The Balaban J connectivity index is 3.81. The summed E-state index contributed by atoms with van der Waals surface area (Å²) in [6.07, 6.45) is 0.939. The summed E-state index contributed by atoms with van der Waals surface area (Å²) in [6.45, 7) is 3.99. The quantitative estimate of drug-likeness (QED) is 0.590. The third kappa shape index (κ3) is 2.35. The first-order chi connectivity index (χ1) is 4.63. The Kier molecular flexibility index (Phi) is 4.03. The summed E-state index contributed by atoms with van der Waals surface area (Å²) < 4.78 is 0. The van der Waals surface area contributed by atoms with Crippen LogP contribution in [0.2, 0.25) is 0 Å². The molecule has 2 unspecified atom stereocenters. The van der Waals surface area contributed by atoms with Crippen molar-refractivity contribution in [3.05, 3.63) is 0 Å². The van der Waals surface area contributed by atoms with Crippen LogP contribution in [0.3, 0.4) is 0 Å². The summed E-state index contributed by atoms with van der Waals surface area (Å²) in [5.41, 5.74) is 5.57. The van der Waals surface area contributed by atoms with Gasteiger partial charge in [0.25, 0.3) is 0 Å². The van der Waals surface area contributed by atoms with Gasteiger partial charge in [-0.25, -0.2) is 0 Å². The van der Waals surface area contributed by atoms with Gasteiger partial charge in [0.2, 0.25) is 5.91 Å². The Morgan fingerprint density at radius 2 is 2.20 bits per heavy atom. The maximum atomic E-state index is 10.9. The zero-order valence-corrected chi connectivity index (χ0v) is 6.85. The van der Waals surface area contributed by atoms with Crippen LogP contribution in [0, 0.1) is 5.92 Å². The minimum atomic E-state index is -0.352. The molecule has 0 heterocycles. The molecule has 0 aliphatic rings. The SMILES string of the molecule is CCC(C)C(N)C(=O)NC. The van der Waals surface area contributed by atoms with Gasteiger partial charge in [0, 0.05) is 7.05 Å². The second-order valence-electron chi connectivity index (χ2n) is 2.53. The molecule has 3 N–H and O–H groups in total. The van der Waals surface area contributed by atoms with Gasteiger partial charge in [0.1, 0.15) is 0 Å². The lowest BCUT2D eigenvalue weighted by Gasteiger charge is -2.15. The Hall–Kier alpha value is -0.570. The van der Waals surface area contributed by atoms with Gasteiger partial charge in [-0.1, -0.05) is 20.3 Å². The highest BCUT2D eigenvalue weighted by Gasteiger charge is 2.17. The number of carbonyl (C=O) groups excluding carboxylic acids is 1. The molecule has 0 spiro atoms. The van der Waals surface area contributed by atoms with Crippen LogP contribution in [0.15, 0.2) is 0 Å². The van der Waals surface area contributed by atoms with E-state index in [9.17, 15) is 4.79 Å².